The maximum absolute atomic E-state index is 10.7. The highest BCUT2D eigenvalue weighted by Gasteiger charge is 2.18. The van der Waals surface area contributed by atoms with Gasteiger partial charge in [-0.1, -0.05) is 0 Å². The molecular formula is C11H20O6. The van der Waals surface area contributed by atoms with Gasteiger partial charge in [-0.2, -0.15) is 0 Å². The molecular weight excluding hydrogens is 228 g/mol. The molecule has 0 aliphatic rings. The Morgan fingerprint density at radius 1 is 0.941 bits per heavy atom. The van der Waals surface area contributed by atoms with Crippen molar-refractivity contribution in [2.45, 2.75) is 26.6 Å². The van der Waals surface area contributed by atoms with Gasteiger partial charge in [0, 0.05) is 40.4 Å². The number of ether oxygens (including phenoxy) is 4. The van der Waals surface area contributed by atoms with Crippen molar-refractivity contribution in [3.05, 3.63) is 0 Å². The predicted molar refractivity (Wildman–Crippen MR) is 59.2 cm³/mol. The highest BCUT2D eigenvalue weighted by molar-refractivity contribution is 5.66. The van der Waals surface area contributed by atoms with Gasteiger partial charge in [-0.15, -0.1) is 0 Å². The van der Waals surface area contributed by atoms with Crippen molar-refractivity contribution in [2.75, 3.05) is 27.4 Å². The fourth-order valence-corrected chi connectivity index (χ4v) is 1.22. The minimum absolute atomic E-state index is 0.146. The number of carbonyl (C=O) groups excluding carboxylic acids is 2. The zero-order valence-electron chi connectivity index (χ0n) is 10.7. The Labute approximate surface area is 101 Å². The predicted octanol–water partition coefficient (Wildman–Crippen LogP) is 0.738. The van der Waals surface area contributed by atoms with Crippen LogP contribution in [0.3, 0.4) is 0 Å². The molecule has 0 aliphatic carbocycles. The topological polar surface area (TPSA) is 71.1 Å². The quantitative estimate of drug-likeness (QED) is 0.466. The third-order valence-electron chi connectivity index (χ3n) is 2.10. The molecule has 0 aliphatic heterocycles. The van der Waals surface area contributed by atoms with Crippen LogP contribution < -0.4 is 0 Å². The minimum Gasteiger partial charge on any atom is -0.465 e. The lowest BCUT2D eigenvalue weighted by Crippen LogP contribution is -2.26. The van der Waals surface area contributed by atoms with Gasteiger partial charge in [-0.05, 0) is 0 Å². The summed E-state index contributed by atoms with van der Waals surface area (Å²) in [6.45, 7) is 3.00. The van der Waals surface area contributed by atoms with Crippen LogP contribution in [0.25, 0.3) is 0 Å². The first kappa shape index (κ1) is 15.9. The second kappa shape index (κ2) is 8.95. The Bertz CT molecular complexity index is 218. The molecule has 0 aromatic heterocycles. The first-order valence-electron chi connectivity index (χ1n) is 5.31. The van der Waals surface area contributed by atoms with E-state index in [0.29, 0.717) is 6.42 Å². The fraction of sp³-hybridized carbons (Fsp3) is 0.818. The SMILES string of the molecule is COC(CC(COC(C)=O)COC(C)=O)OC. The monoisotopic (exact) mass is 248 g/mol. The molecule has 0 fully saturated rings. The summed E-state index contributed by atoms with van der Waals surface area (Å²) in [4.78, 5) is 21.4. The first-order chi connectivity index (χ1) is 7.99. The Balaban J connectivity index is 4.17. The number of esters is 2. The Morgan fingerprint density at radius 3 is 1.65 bits per heavy atom. The maximum Gasteiger partial charge on any atom is 0.302 e. The second-order valence-corrected chi connectivity index (χ2v) is 3.61. The largest absolute Gasteiger partial charge is 0.465 e. The average molecular weight is 248 g/mol. The van der Waals surface area contributed by atoms with Crippen LogP contribution in [-0.2, 0) is 28.5 Å². The van der Waals surface area contributed by atoms with Crippen molar-refractivity contribution in [1.29, 1.82) is 0 Å². The zero-order valence-corrected chi connectivity index (χ0v) is 10.7. The van der Waals surface area contributed by atoms with E-state index in [4.69, 9.17) is 18.9 Å². The van der Waals surface area contributed by atoms with E-state index in [2.05, 4.69) is 0 Å². The highest BCUT2D eigenvalue weighted by atomic mass is 16.7. The Morgan fingerprint density at radius 2 is 1.35 bits per heavy atom. The van der Waals surface area contributed by atoms with E-state index in [0.717, 1.165) is 0 Å². The number of carbonyl (C=O) groups is 2. The number of rotatable bonds is 8. The van der Waals surface area contributed by atoms with E-state index in [1.807, 2.05) is 0 Å². The maximum atomic E-state index is 10.7. The first-order valence-corrected chi connectivity index (χ1v) is 5.31. The minimum atomic E-state index is -0.411. The average Bonchev–Trinajstić information content (AvgIpc) is 2.27. The molecule has 100 valence electrons. The summed E-state index contributed by atoms with van der Waals surface area (Å²) in [5.41, 5.74) is 0. The van der Waals surface area contributed by atoms with E-state index in [1.165, 1.54) is 28.1 Å². The Hall–Kier alpha value is -1.14. The van der Waals surface area contributed by atoms with E-state index in [1.54, 1.807) is 0 Å². The van der Waals surface area contributed by atoms with Gasteiger partial charge < -0.3 is 18.9 Å². The van der Waals surface area contributed by atoms with E-state index < -0.39 is 6.29 Å². The molecule has 0 heterocycles. The molecule has 0 atom stereocenters. The van der Waals surface area contributed by atoms with Gasteiger partial charge in [-0.3, -0.25) is 9.59 Å². The summed E-state index contributed by atoms with van der Waals surface area (Å²) in [6.07, 6.45) is 0.0687. The Kier molecular flexibility index (Phi) is 8.35. The molecule has 0 rings (SSSR count). The van der Waals surface area contributed by atoms with E-state index >= 15 is 0 Å². The molecule has 17 heavy (non-hydrogen) atoms. The number of methoxy groups -OCH3 is 2. The van der Waals surface area contributed by atoms with Crippen LogP contribution >= 0.6 is 0 Å². The van der Waals surface area contributed by atoms with Gasteiger partial charge in [-0.25, -0.2) is 0 Å². The standard InChI is InChI=1S/C11H20O6/c1-8(12)16-6-10(7-17-9(2)13)5-11(14-3)15-4/h10-11H,5-7H2,1-4H3. The molecule has 0 aromatic rings. The van der Waals surface area contributed by atoms with E-state index in [9.17, 15) is 9.59 Å². The molecule has 0 aromatic carbocycles. The van der Waals surface area contributed by atoms with Gasteiger partial charge in [0.2, 0.25) is 0 Å². The van der Waals surface area contributed by atoms with Crippen LogP contribution in [0, 0.1) is 5.92 Å². The molecule has 0 unspecified atom stereocenters. The summed E-state index contributed by atoms with van der Waals surface area (Å²) in [6, 6.07) is 0. The summed E-state index contributed by atoms with van der Waals surface area (Å²) >= 11 is 0. The van der Waals surface area contributed by atoms with Crippen LogP contribution in [0.2, 0.25) is 0 Å². The third kappa shape index (κ3) is 8.65. The fourth-order valence-electron chi connectivity index (χ4n) is 1.22. The van der Waals surface area contributed by atoms with Crippen molar-refractivity contribution in [3.8, 4) is 0 Å². The van der Waals surface area contributed by atoms with E-state index in [-0.39, 0.29) is 31.1 Å². The van der Waals surface area contributed by atoms with Gasteiger partial charge in [0.15, 0.2) is 6.29 Å². The number of hydrogen-bond donors (Lipinski definition) is 0. The summed E-state index contributed by atoms with van der Waals surface area (Å²) in [7, 11) is 3.03. The normalized spacial score (nSPS) is 10.7. The third-order valence-corrected chi connectivity index (χ3v) is 2.10. The van der Waals surface area contributed by atoms with Crippen LogP contribution in [0.5, 0.6) is 0 Å². The molecule has 0 N–H and O–H groups in total. The molecule has 6 heteroatoms. The molecule has 0 bridgehead atoms. The molecule has 0 radical (unpaired) electrons. The van der Waals surface area contributed by atoms with Gasteiger partial charge >= 0.3 is 11.9 Å². The lowest BCUT2D eigenvalue weighted by molar-refractivity contribution is -0.152. The second-order valence-electron chi connectivity index (χ2n) is 3.61. The van der Waals surface area contributed by atoms with Crippen LogP contribution in [0.1, 0.15) is 20.3 Å². The lowest BCUT2D eigenvalue weighted by atomic mass is 10.1. The lowest BCUT2D eigenvalue weighted by Gasteiger charge is -2.21. The van der Waals surface area contributed by atoms with Crippen molar-refractivity contribution in [1.82, 2.24) is 0 Å². The van der Waals surface area contributed by atoms with Crippen LogP contribution in [0.15, 0.2) is 0 Å². The van der Waals surface area contributed by atoms with Gasteiger partial charge in [0.25, 0.3) is 0 Å². The highest BCUT2D eigenvalue weighted by Crippen LogP contribution is 2.11. The summed E-state index contributed by atoms with van der Waals surface area (Å²) in [5.74, 6) is -0.888. The zero-order chi connectivity index (χ0) is 13.3. The molecule has 0 saturated heterocycles. The smallest absolute Gasteiger partial charge is 0.302 e. The van der Waals surface area contributed by atoms with Crippen molar-refractivity contribution in [2.24, 2.45) is 5.92 Å². The number of hydrogen-bond acceptors (Lipinski definition) is 6. The molecule has 0 saturated carbocycles. The van der Waals surface area contributed by atoms with Crippen molar-refractivity contribution in [3.63, 3.8) is 0 Å². The van der Waals surface area contributed by atoms with Crippen LogP contribution in [0.4, 0.5) is 0 Å². The summed E-state index contributed by atoms with van der Waals surface area (Å²) in [5, 5.41) is 0. The molecule has 6 nitrogen and oxygen atoms in total. The van der Waals surface area contributed by atoms with Gasteiger partial charge in [0.1, 0.15) is 0 Å². The van der Waals surface area contributed by atoms with Crippen molar-refractivity contribution < 1.29 is 28.5 Å². The van der Waals surface area contributed by atoms with Crippen LogP contribution in [-0.4, -0.2) is 45.7 Å². The van der Waals surface area contributed by atoms with Crippen molar-refractivity contribution >= 4 is 11.9 Å². The van der Waals surface area contributed by atoms with Gasteiger partial charge in [0.05, 0.1) is 13.2 Å². The summed E-state index contributed by atoms with van der Waals surface area (Å²) < 4.78 is 19.9. The molecule has 0 amide bonds. The molecule has 0 spiro atoms.